The Morgan fingerprint density at radius 2 is 1.91 bits per heavy atom. The van der Waals surface area contributed by atoms with E-state index in [2.05, 4.69) is 15.6 Å². The number of rotatable bonds is 9. The molecule has 0 aromatic carbocycles. The third-order valence-electron chi connectivity index (χ3n) is 5.66. The molecule has 0 aliphatic heterocycles. The van der Waals surface area contributed by atoms with Crippen molar-refractivity contribution >= 4 is 29.9 Å². The molecule has 0 amide bonds. The first-order chi connectivity index (χ1) is 10.8. The number of aliphatic imine (C=N–C) groups is 1. The molecule has 0 atom stereocenters. The van der Waals surface area contributed by atoms with Gasteiger partial charge in [-0.25, -0.2) is 0 Å². The maximum Gasteiger partial charge on any atom is 0.190 e. The zero-order valence-electron chi connectivity index (χ0n) is 15.0. The van der Waals surface area contributed by atoms with Crippen LogP contribution >= 0.6 is 24.0 Å². The Balaban J connectivity index is 0.00000264. The van der Waals surface area contributed by atoms with E-state index < -0.39 is 0 Å². The highest BCUT2D eigenvalue weighted by molar-refractivity contribution is 14.0. The Kier molecular flexibility index (Phi) is 10.5. The molecule has 5 heteroatoms. The van der Waals surface area contributed by atoms with Gasteiger partial charge in [-0.1, -0.05) is 32.1 Å². The molecule has 136 valence electrons. The molecule has 4 nitrogen and oxygen atoms in total. The van der Waals surface area contributed by atoms with Gasteiger partial charge in [-0.15, -0.1) is 24.0 Å². The normalized spacial score (nSPS) is 20.7. The summed E-state index contributed by atoms with van der Waals surface area (Å²) in [5.74, 6) is 1.96. The molecule has 0 radical (unpaired) electrons. The van der Waals surface area contributed by atoms with E-state index in [-0.39, 0.29) is 24.0 Å². The number of halogens is 1. The van der Waals surface area contributed by atoms with Gasteiger partial charge in [0.15, 0.2) is 5.96 Å². The number of nitrogens with zero attached hydrogens (tertiary/aromatic N) is 1. The lowest BCUT2D eigenvalue weighted by molar-refractivity contribution is 0.0732. The number of methoxy groups -OCH3 is 1. The van der Waals surface area contributed by atoms with Crippen molar-refractivity contribution in [1.29, 1.82) is 0 Å². The first-order valence-corrected chi connectivity index (χ1v) is 9.21. The summed E-state index contributed by atoms with van der Waals surface area (Å²) in [4.78, 5) is 4.36. The van der Waals surface area contributed by atoms with Gasteiger partial charge in [-0.3, -0.25) is 4.99 Å². The van der Waals surface area contributed by atoms with Crippen LogP contribution in [-0.2, 0) is 4.74 Å². The SMILES string of the molecule is CN=C(NCCCC1CCCC1)NCC1(CCOC)CCC1.I. The molecule has 2 saturated carbocycles. The van der Waals surface area contributed by atoms with Crippen LogP contribution in [0.25, 0.3) is 0 Å². The van der Waals surface area contributed by atoms with E-state index in [9.17, 15) is 0 Å². The van der Waals surface area contributed by atoms with Crippen LogP contribution in [0.15, 0.2) is 4.99 Å². The molecule has 0 bridgehead atoms. The van der Waals surface area contributed by atoms with E-state index in [0.717, 1.165) is 38.0 Å². The fourth-order valence-corrected chi connectivity index (χ4v) is 3.90. The smallest absolute Gasteiger partial charge is 0.190 e. The molecule has 0 saturated heterocycles. The van der Waals surface area contributed by atoms with Crippen molar-refractivity contribution in [3.8, 4) is 0 Å². The molecule has 0 aromatic heterocycles. The standard InChI is InChI=1S/C18H35N3O.HI/c1-19-17(20-13-5-9-16-7-3-4-8-16)21-15-18(10-6-11-18)12-14-22-2;/h16H,3-15H2,1-2H3,(H2,19,20,21);1H. The van der Waals surface area contributed by atoms with Crippen molar-refractivity contribution in [1.82, 2.24) is 10.6 Å². The van der Waals surface area contributed by atoms with Crippen LogP contribution in [0.3, 0.4) is 0 Å². The van der Waals surface area contributed by atoms with Crippen molar-refractivity contribution in [2.45, 2.75) is 64.2 Å². The summed E-state index contributed by atoms with van der Waals surface area (Å²) in [7, 11) is 3.67. The molecule has 2 fully saturated rings. The maximum atomic E-state index is 5.26. The third kappa shape index (κ3) is 7.16. The average Bonchev–Trinajstić information content (AvgIpc) is 3.01. The number of hydrogen-bond donors (Lipinski definition) is 2. The largest absolute Gasteiger partial charge is 0.385 e. The van der Waals surface area contributed by atoms with Gasteiger partial charge in [-0.2, -0.15) is 0 Å². The average molecular weight is 437 g/mol. The first kappa shape index (κ1) is 21.0. The van der Waals surface area contributed by atoms with Gasteiger partial charge in [0.2, 0.25) is 0 Å². The predicted octanol–water partition coefficient (Wildman–Crippen LogP) is 3.95. The lowest BCUT2D eigenvalue weighted by atomic mass is 9.67. The highest BCUT2D eigenvalue weighted by Gasteiger charge is 2.36. The zero-order chi connectivity index (χ0) is 15.7. The summed E-state index contributed by atoms with van der Waals surface area (Å²) in [5, 5.41) is 7.01. The molecule has 0 spiro atoms. The van der Waals surface area contributed by atoms with E-state index in [1.54, 1.807) is 7.11 Å². The second kappa shape index (κ2) is 11.5. The summed E-state index contributed by atoms with van der Waals surface area (Å²) in [5.41, 5.74) is 0.442. The zero-order valence-corrected chi connectivity index (χ0v) is 17.4. The van der Waals surface area contributed by atoms with Gasteiger partial charge in [0.05, 0.1) is 0 Å². The van der Waals surface area contributed by atoms with Crippen LogP contribution in [0, 0.1) is 11.3 Å². The Hall–Kier alpha value is -0.0400. The van der Waals surface area contributed by atoms with Crippen molar-refractivity contribution in [2.24, 2.45) is 16.3 Å². The minimum absolute atomic E-state index is 0. The molecule has 23 heavy (non-hydrogen) atoms. The number of ether oxygens (including phenoxy) is 1. The summed E-state index contributed by atoms with van der Waals surface area (Å²) in [6.07, 6.45) is 13.6. The Morgan fingerprint density at radius 1 is 1.17 bits per heavy atom. The highest BCUT2D eigenvalue weighted by atomic mass is 127. The van der Waals surface area contributed by atoms with Gasteiger partial charge in [-0.05, 0) is 43.4 Å². The molecule has 2 aliphatic rings. The molecular formula is C18H36IN3O. The van der Waals surface area contributed by atoms with Gasteiger partial charge < -0.3 is 15.4 Å². The Labute approximate surface area is 159 Å². The Morgan fingerprint density at radius 3 is 2.48 bits per heavy atom. The fourth-order valence-electron chi connectivity index (χ4n) is 3.90. The summed E-state index contributed by atoms with van der Waals surface area (Å²) in [6.45, 7) is 2.94. The maximum absolute atomic E-state index is 5.26. The topological polar surface area (TPSA) is 45.7 Å². The first-order valence-electron chi connectivity index (χ1n) is 9.21. The van der Waals surface area contributed by atoms with Crippen LogP contribution < -0.4 is 10.6 Å². The molecule has 2 N–H and O–H groups in total. The summed E-state index contributed by atoms with van der Waals surface area (Å²) < 4.78 is 5.26. The predicted molar refractivity (Wildman–Crippen MR) is 109 cm³/mol. The van der Waals surface area contributed by atoms with Crippen LogP contribution in [0.4, 0.5) is 0 Å². The van der Waals surface area contributed by atoms with E-state index in [0.29, 0.717) is 5.41 Å². The molecule has 2 rings (SSSR count). The van der Waals surface area contributed by atoms with Crippen molar-refractivity contribution < 1.29 is 4.74 Å². The van der Waals surface area contributed by atoms with E-state index in [1.165, 1.54) is 57.8 Å². The Bertz CT molecular complexity index is 339. The fraction of sp³-hybridized carbons (Fsp3) is 0.944. The van der Waals surface area contributed by atoms with E-state index in [1.807, 2.05) is 7.05 Å². The lowest BCUT2D eigenvalue weighted by Crippen LogP contribution is -2.47. The van der Waals surface area contributed by atoms with Crippen molar-refractivity contribution in [2.75, 3.05) is 33.9 Å². The van der Waals surface area contributed by atoms with Crippen LogP contribution in [0.5, 0.6) is 0 Å². The van der Waals surface area contributed by atoms with Crippen molar-refractivity contribution in [3.05, 3.63) is 0 Å². The minimum Gasteiger partial charge on any atom is -0.385 e. The monoisotopic (exact) mass is 437 g/mol. The number of hydrogen-bond acceptors (Lipinski definition) is 2. The van der Waals surface area contributed by atoms with Gasteiger partial charge in [0, 0.05) is 33.9 Å². The van der Waals surface area contributed by atoms with Crippen LogP contribution in [0.1, 0.15) is 64.2 Å². The third-order valence-corrected chi connectivity index (χ3v) is 5.66. The van der Waals surface area contributed by atoms with E-state index in [4.69, 9.17) is 4.74 Å². The van der Waals surface area contributed by atoms with Crippen molar-refractivity contribution in [3.63, 3.8) is 0 Å². The molecule has 2 aliphatic carbocycles. The van der Waals surface area contributed by atoms with Gasteiger partial charge in [0.25, 0.3) is 0 Å². The second-order valence-electron chi connectivity index (χ2n) is 7.24. The number of nitrogens with one attached hydrogen (secondary N) is 2. The van der Waals surface area contributed by atoms with Crippen LogP contribution in [-0.4, -0.2) is 39.8 Å². The second-order valence-corrected chi connectivity index (χ2v) is 7.24. The highest BCUT2D eigenvalue weighted by Crippen LogP contribution is 2.43. The van der Waals surface area contributed by atoms with Gasteiger partial charge >= 0.3 is 0 Å². The summed E-state index contributed by atoms with van der Waals surface area (Å²) in [6, 6.07) is 0. The lowest BCUT2D eigenvalue weighted by Gasteiger charge is -2.42. The molecule has 0 aromatic rings. The van der Waals surface area contributed by atoms with Gasteiger partial charge in [0.1, 0.15) is 0 Å². The van der Waals surface area contributed by atoms with E-state index >= 15 is 0 Å². The minimum atomic E-state index is 0. The molecule has 0 unspecified atom stereocenters. The quantitative estimate of drug-likeness (QED) is 0.249. The molecule has 0 heterocycles. The number of guanidine groups is 1. The summed E-state index contributed by atoms with van der Waals surface area (Å²) >= 11 is 0. The molecular weight excluding hydrogens is 401 g/mol. The van der Waals surface area contributed by atoms with Crippen LogP contribution in [0.2, 0.25) is 0 Å².